The lowest BCUT2D eigenvalue weighted by Crippen LogP contribution is -2.23. The zero-order chi connectivity index (χ0) is 23.0. The topological polar surface area (TPSA) is 108 Å². The lowest BCUT2D eigenvalue weighted by molar-refractivity contribution is -0.144. The van der Waals surface area contributed by atoms with Crippen molar-refractivity contribution < 1.29 is 32.6 Å². The molecule has 0 fully saturated rings. The predicted octanol–water partition coefficient (Wildman–Crippen LogP) is 4.82. The lowest BCUT2D eigenvalue weighted by Gasteiger charge is -2.16. The fraction of sp³-hybridized carbons (Fsp3) is 0.182. The van der Waals surface area contributed by atoms with Crippen LogP contribution in [0.25, 0.3) is 22.7 Å². The first-order chi connectivity index (χ1) is 15.2. The quantitative estimate of drug-likeness (QED) is 0.454. The van der Waals surface area contributed by atoms with Gasteiger partial charge in [0.15, 0.2) is 17.7 Å². The summed E-state index contributed by atoms with van der Waals surface area (Å²) >= 11 is 0. The van der Waals surface area contributed by atoms with Gasteiger partial charge in [-0.2, -0.15) is 4.98 Å². The zero-order valence-corrected chi connectivity index (χ0v) is 17.2. The first kappa shape index (κ1) is 21.2. The third kappa shape index (κ3) is 4.20. The molecule has 8 nitrogen and oxygen atoms in total. The van der Waals surface area contributed by atoms with Gasteiger partial charge in [0.1, 0.15) is 17.0 Å². The van der Waals surface area contributed by atoms with Crippen LogP contribution in [0.2, 0.25) is 0 Å². The molecule has 4 aromatic rings. The number of carbonyl (C=O) groups is 1. The van der Waals surface area contributed by atoms with Crippen molar-refractivity contribution in [3.63, 3.8) is 0 Å². The van der Waals surface area contributed by atoms with Crippen molar-refractivity contribution in [2.75, 3.05) is 0 Å². The van der Waals surface area contributed by atoms with E-state index in [1.807, 2.05) is 0 Å². The number of benzene rings is 2. The van der Waals surface area contributed by atoms with E-state index in [2.05, 4.69) is 15.0 Å². The fourth-order valence-electron chi connectivity index (χ4n) is 3.03. The summed E-state index contributed by atoms with van der Waals surface area (Å²) in [4.78, 5) is 23.6. The van der Waals surface area contributed by atoms with E-state index in [-0.39, 0.29) is 23.4 Å². The van der Waals surface area contributed by atoms with E-state index in [0.29, 0.717) is 28.0 Å². The lowest BCUT2D eigenvalue weighted by atomic mass is 10.1. The Hall–Kier alpha value is -4.08. The maximum atomic E-state index is 13.4. The van der Waals surface area contributed by atoms with Crippen molar-refractivity contribution in [1.82, 2.24) is 15.0 Å². The summed E-state index contributed by atoms with van der Waals surface area (Å²) in [7, 11) is 0. The molecule has 0 spiro atoms. The Balaban J connectivity index is 1.62. The minimum atomic E-state index is -1.06. The van der Waals surface area contributed by atoms with Gasteiger partial charge < -0.3 is 19.0 Å². The first-order valence-corrected chi connectivity index (χ1v) is 9.49. The molecule has 0 amide bonds. The van der Waals surface area contributed by atoms with Gasteiger partial charge in [0.25, 0.3) is 5.71 Å². The Morgan fingerprint density at radius 3 is 2.47 bits per heavy atom. The van der Waals surface area contributed by atoms with Crippen LogP contribution in [-0.2, 0) is 4.79 Å². The SMILES string of the molecule is Cc1cc(-c2nc3cnc(Oc4ccc(F)c(F)c4)nc3o2)cc(C)c1OC(C)C(=O)O. The average Bonchev–Trinajstić information content (AvgIpc) is 3.16. The van der Waals surface area contributed by atoms with E-state index in [0.717, 1.165) is 12.1 Å². The van der Waals surface area contributed by atoms with Gasteiger partial charge in [-0.25, -0.2) is 23.5 Å². The fourth-order valence-corrected chi connectivity index (χ4v) is 3.03. The molecule has 0 aliphatic carbocycles. The van der Waals surface area contributed by atoms with Gasteiger partial charge in [0.05, 0.1) is 6.20 Å². The van der Waals surface area contributed by atoms with E-state index in [9.17, 15) is 13.6 Å². The van der Waals surface area contributed by atoms with Gasteiger partial charge in [0, 0.05) is 11.6 Å². The number of aliphatic carboxylic acids is 1. The number of carboxylic acid groups (broad SMARTS) is 1. The van der Waals surface area contributed by atoms with Crippen LogP contribution in [0.3, 0.4) is 0 Å². The van der Waals surface area contributed by atoms with Crippen LogP contribution in [0.15, 0.2) is 40.9 Å². The summed E-state index contributed by atoms with van der Waals surface area (Å²) in [6.45, 7) is 5.03. The van der Waals surface area contributed by atoms with Crippen molar-refractivity contribution in [3.05, 3.63) is 59.3 Å². The molecule has 0 radical (unpaired) electrons. The number of aromatic nitrogens is 3. The molecule has 0 saturated heterocycles. The number of nitrogens with zero attached hydrogens (tertiary/aromatic N) is 3. The largest absolute Gasteiger partial charge is 0.479 e. The third-order valence-electron chi connectivity index (χ3n) is 4.58. The highest BCUT2D eigenvalue weighted by Crippen LogP contribution is 2.32. The molecule has 4 rings (SSSR count). The Labute approximate surface area is 180 Å². The molecule has 1 atom stereocenters. The summed E-state index contributed by atoms with van der Waals surface area (Å²) in [5, 5.41) is 9.07. The number of halogens is 2. The summed E-state index contributed by atoms with van der Waals surface area (Å²) in [6.07, 6.45) is 0.391. The van der Waals surface area contributed by atoms with Crippen molar-refractivity contribution in [3.8, 4) is 29.0 Å². The number of ether oxygens (including phenoxy) is 2. The molecule has 2 aromatic carbocycles. The summed E-state index contributed by atoms with van der Waals surface area (Å²) < 4.78 is 43.1. The number of rotatable bonds is 6. The first-order valence-electron chi connectivity index (χ1n) is 9.49. The molecule has 2 aromatic heterocycles. The van der Waals surface area contributed by atoms with Crippen LogP contribution in [0.1, 0.15) is 18.1 Å². The number of oxazole rings is 1. The molecule has 10 heteroatoms. The average molecular weight is 441 g/mol. The predicted molar refractivity (Wildman–Crippen MR) is 109 cm³/mol. The van der Waals surface area contributed by atoms with E-state index in [4.69, 9.17) is 19.0 Å². The molecular formula is C22H17F2N3O5. The highest BCUT2D eigenvalue weighted by atomic mass is 19.2. The van der Waals surface area contributed by atoms with Gasteiger partial charge in [-0.3, -0.25) is 0 Å². The van der Waals surface area contributed by atoms with Gasteiger partial charge in [0.2, 0.25) is 5.89 Å². The number of hydrogen-bond donors (Lipinski definition) is 1. The summed E-state index contributed by atoms with van der Waals surface area (Å²) in [5.41, 5.74) is 2.57. The number of hydrogen-bond acceptors (Lipinski definition) is 7. The van der Waals surface area contributed by atoms with Crippen LogP contribution in [0, 0.1) is 25.5 Å². The zero-order valence-electron chi connectivity index (χ0n) is 17.2. The maximum Gasteiger partial charge on any atom is 0.344 e. The molecule has 2 heterocycles. The smallest absolute Gasteiger partial charge is 0.344 e. The Kier molecular flexibility index (Phi) is 5.43. The van der Waals surface area contributed by atoms with Gasteiger partial charge >= 0.3 is 12.0 Å². The highest BCUT2D eigenvalue weighted by molar-refractivity contribution is 5.74. The van der Waals surface area contributed by atoms with Crippen LogP contribution in [-0.4, -0.2) is 32.1 Å². The van der Waals surface area contributed by atoms with Gasteiger partial charge in [-0.1, -0.05) is 0 Å². The van der Waals surface area contributed by atoms with Crippen molar-refractivity contribution in [1.29, 1.82) is 0 Å². The molecule has 1 unspecified atom stereocenters. The summed E-state index contributed by atoms with van der Waals surface area (Å²) in [6, 6.07) is 6.46. The Morgan fingerprint density at radius 2 is 1.81 bits per heavy atom. The minimum Gasteiger partial charge on any atom is -0.479 e. The monoisotopic (exact) mass is 441 g/mol. The normalized spacial score (nSPS) is 12.0. The van der Waals surface area contributed by atoms with Gasteiger partial charge in [-0.15, -0.1) is 0 Å². The van der Waals surface area contributed by atoms with Crippen LogP contribution >= 0.6 is 0 Å². The van der Waals surface area contributed by atoms with Crippen LogP contribution in [0.4, 0.5) is 8.78 Å². The second-order valence-corrected chi connectivity index (χ2v) is 7.08. The molecule has 1 N–H and O–H groups in total. The molecule has 164 valence electrons. The van der Waals surface area contributed by atoms with Crippen molar-refractivity contribution in [2.45, 2.75) is 26.9 Å². The molecule has 0 bridgehead atoms. The van der Waals surface area contributed by atoms with E-state index >= 15 is 0 Å². The number of aryl methyl sites for hydroxylation is 2. The highest BCUT2D eigenvalue weighted by Gasteiger charge is 2.18. The second kappa shape index (κ2) is 8.22. The molecule has 0 aliphatic heterocycles. The standard InChI is InChI=1S/C22H17F2N3O5/c1-10-6-13(7-11(2)18(10)30-12(3)21(28)29)19-26-17-9-25-22(27-20(17)32-19)31-14-4-5-15(23)16(24)8-14/h4-9,12H,1-3H3,(H,28,29). The van der Waals surface area contributed by atoms with Crippen LogP contribution < -0.4 is 9.47 Å². The molecule has 0 saturated carbocycles. The van der Waals surface area contributed by atoms with Crippen molar-refractivity contribution >= 4 is 17.2 Å². The third-order valence-corrected chi connectivity index (χ3v) is 4.58. The Bertz CT molecular complexity index is 1320. The molecule has 0 aliphatic rings. The van der Waals surface area contributed by atoms with E-state index < -0.39 is 23.7 Å². The second-order valence-electron chi connectivity index (χ2n) is 7.08. The summed E-state index contributed by atoms with van der Waals surface area (Å²) in [5.74, 6) is -2.34. The maximum absolute atomic E-state index is 13.4. The van der Waals surface area contributed by atoms with E-state index in [1.54, 1.807) is 26.0 Å². The van der Waals surface area contributed by atoms with E-state index in [1.165, 1.54) is 19.2 Å². The number of carboxylic acids is 1. The molecular weight excluding hydrogens is 424 g/mol. The minimum absolute atomic E-state index is 0.0282. The van der Waals surface area contributed by atoms with Gasteiger partial charge in [-0.05, 0) is 56.2 Å². The number of fused-ring (bicyclic) bond motifs is 1. The molecule has 32 heavy (non-hydrogen) atoms. The van der Waals surface area contributed by atoms with Crippen LogP contribution in [0.5, 0.6) is 17.5 Å². The van der Waals surface area contributed by atoms with Crippen molar-refractivity contribution in [2.24, 2.45) is 0 Å². The Morgan fingerprint density at radius 1 is 1.09 bits per heavy atom.